The number of hydrogen-bond donors (Lipinski definition) is 0. The van der Waals surface area contributed by atoms with Crippen molar-refractivity contribution in [2.45, 2.75) is 26.7 Å². The molecule has 0 bridgehead atoms. The summed E-state index contributed by atoms with van der Waals surface area (Å²) in [6.45, 7) is 7.14. The summed E-state index contributed by atoms with van der Waals surface area (Å²) in [6.07, 6.45) is 0.859. The molecule has 0 atom stereocenters. The molecule has 0 N–H and O–H groups in total. The highest BCUT2D eigenvalue weighted by atomic mass is 32.1. The van der Waals surface area contributed by atoms with Crippen molar-refractivity contribution in [3.63, 3.8) is 0 Å². The third-order valence-corrected chi connectivity index (χ3v) is 5.53. The number of piperazine rings is 1. The number of anilines is 1. The molecule has 0 saturated carbocycles. The molecule has 1 aliphatic heterocycles. The first-order valence-electron chi connectivity index (χ1n) is 9.41. The minimum atomic E-state index is 0.136. The fraction of sp³-hybridized carbons (Fsp3) is 0.400. The van der Waals surface area contributed by atoms with Gasteiger partial charge in [0.15, 0.2) is 0 Å². The zero-order chi connectivity index (χ0) is 19.5. The smallest absolute Gasteiger partial charge is 0.248 e. The second-order valence-electron chi connectivity index (χ2n) is 6.99. The van der Waals surface area contributed by atoms with E-state index >= 15 is 0 Å². The van der Waals surface area contributed by atoms with E-state index in [1.165, 1.54) is 5.69 Å². The van der Waals surface area contributed by atoms with E-state index in [4.69, 9.17) is 4.42 Å². The average Bonchev–Trinajstić information content (AvgIpc) is 3.37. The number of amides is 1. The molecule has 146 valence electrons. The van der Waals surface area contributed by atoms with E-state index < -0.39 is 0 Å². The van der Waals surface area contributed by atoms with Gasteiger partial charge in [-0.2, -0.15) is 11.3 Å². The lowest BCUT2D eigenvalue weighted by atomic mass is 10.2. The van der Waals surface area contributed by atoms with E-state index in [0.717, 1.165) is 43.1 Å². The molecule has 0 aliphatic carbocycles. The number of aromatic nitrogens is 3. The van der Waals surface area contributed by atoms with Gasteiger partial charge in [-0.25, -0.2) is 0 Å². The Morgan fingerprint density at radius 2 is 1.89 bits per heavy atom. The van der Waals surface area contributed by atoms with Crippen molar-refractivity contribution in [1.82, 2.24) is 20.1 Å². The van der Waals surface area contributed by atoms with Gasteiger partial charge >= 0.3 is 0 Å². The Kier molecular flexibility index (Phi) is 5.38. The number of carbonyl (C=O) groups is 1. The highest BCUT2D eigenvalue weighted by molar-refractivity contribution is 7.08. The van der Waals surface area contributed by atoms with E-state index in [-0.39, 0.29) is 5.91 Å². The van der Waals surface area contributed by atoms with Gasteiger partial charge in [0, 0.05) is 67.0 Å². The number of rotatable bonds is 5. The predicted molar refractivity (Wildman–Crippen MR) is 108 cm³/mol. The summed E-state index contributed by atoms with van der Waals surface area (Å²) >= 11 is 1.58. The molecule has 0 aromatic carbocycles. The van der Waals surface area contributed by atoms with Crippen LogP contribution < -0.4 is 4.90 Å². The van der Waals surface area contributed by atoms with E-state index in [1.807, 2.05) is 35.6 Å². The maximum absolute atomic E-state index is 12.6. The third-order valence-electron chi connectivity index (χ3n) is 4.85. The largest absolute Gasteiger partial charge is 0.421 e. The minimum absolute atomic E-state index is 0.136. The van der Waals surface area contributed by atoms with Gasteiger partial charge in [0.1, 0.15) is 0 Å². The van der Waals surface area contributed by atoms with Gasteiger partial charge in [0.25, 0.3) is 0 Å². The first-order valence-corrected chi connectivity index (χ1v) is 10.4. The van der Waals surface area contributed by atoms with Crippen molar-refractivity contribution in [2.24, 2.45) is 0 Å². The van der Waals surface area contributed by atoms with E-state index in [1.54, 1.807) is 11.3 Å². The quantitative estimate of drug-likeness (QED) is 0.659. The van der Waals surface area contributed by atoms with Crippen LogP contribution >= 0.6 is 11.3 Å². The van der Waals surface area contributed by atoms with Gasteiger partial charge < -0.3 is 14.2 Å². The summed E-state index contributed by atoms with van der Waals surface area (Å²) < 4.78 is 5.66. The SMILES string of the molecule is Cc1cc(N2CCN(C(=O)CCc3nnc(-c4ccsc4)o3)CC2)cc(C)n1. The molecule has 4 heterocycles. The number of carbonyl (C=O) groups excluding carboxylic acids is 1. The second kappa shape index (κ2) is 8.10. The Balaban J connectivity index is 1.28. The highest BCUT2D eigenvalue weighted by Gasteiger charge is 2.22. The zero-order valence-electron chi connectivity index (χ0n) is 16.1. The van der Waals surface area contributed by atoms with Crippen LogP contribution in [0.2, 0.25) is 0 Å². The lowest BCUT2D eigenvalue weighted by Crippen LogP contribution is -2.48. The molecule has 0 spiro atoms. The number of pyridine rings is 1. The van der Waals surface area contributed by atoms with Crippen LogP contribution in [0.15, 0.2) is 33.4 Å². The normalized spacial score (nSPS) is 14.5. The maximum atomic E-state index is 12.6. The Morgan fingerprint density at radius 3 is 2.57 bits per heavy atom. The summed E-state index contributed by atoms with van der Waals surface area (Å²) in [5.74, 6) is 1.16. The van der Waals surface area contributed by atoms with Gasteiger partial charge in [-0.05, 0) is 37.4 Å². The van der Waals surface area contributed by atoms with Crippen molar-refractivity contribution in [3.05, 3.63) is 46.2 Å². The van der Waals surface area contributed by atoms with Crippen LogP contribution in [-0.2, 0) is 11.2 Å². The molecular formula is C20H23N5O2S. The zero-order valence-corrected chi connectivity index (χ0v) is 16.9. The fourth-order valence-electron chi connectivity index (χ4n) is 3.44. The molecule has 7 nitrogen and oxygen atoms in total. The number of aryl methyl sites for hydroxylation is 3. The predicted octanol–water partition coefficient (Wildman–Crippen LogP) is 3.09. The lowest BCUT2D eigenvalue weighted by molar-refractivity contribution is -0.131. The van der Waals surface area contributed by atoms with Gasteiger partial charge in [0.05, 0.1) is 0 Å². The van der Waals surface area contributed by atoms with E-state index in [0.29, 0.717) is 24.6 Å². The van der Waals surface area contributed by atoms with Crippen LogP contribution in [0.25, 0.3) is 11.5 Å². The molecular weight excluding hydrogens is 374 g/mol. The van der Waals surface area contributed by atoms with Crippen molar-refractivity contribution in [1.29, 1.82) is 0 Å². The average molecular weight is 398 g/mol. The molecule has 3 aromatic rings. The van der Waals surface area contributed by atoms with Crippen molar-refractivity contribution in [2.75, 3.05) is 31.1 Å². The topological polar surface area (TPSA) is 75.4 Å². The summed E-state index contributed by atoms with van der Waals surface area (Å²) in [5, 5.41) is 12.1. The lowest BCUT2D eigenvalue weighted by Gasteiger charge is -2.36. The first kappa shape index (κ1) is 18.6. The van der Waals surface area contributed by atoms with E-state index in [9.17, 15) is 4.79 Å². The van der Waals surface area contributed by atoms with Gasteiger partial charge in [0.2, 0.25) is 17.7 Å². The van der Waals surface area contributed by atoms with Crippen LogP contribution in [0.4, 0.5) is 5.69 Å². The number of thiophene rings is 1. The Hall–Kier alpha value is -2.74. The Labute approximate surface area is 168 Å². The molecule has 8 heteroatoms. The van der Waals surface area contributed by atoms with Crippen LogP contribution in [0, 0.1) is 13.8 Å². The van der Waals surface area contributed by atoms with Gasteiger partial charge in [-0.15, -0.1) is 10.2 Å². The summed E-state index contributed by atoms with van der Waals surface area (Å²) in [7, 11) is 0. The highest BCUT2D eigenvalue weighted by Crippen LogP contribution is 2.21. The monoisotopic (exact) mass is 397 g/mol. The molecule has 1 fully saturated rings. The van der Waals surface area contributed by atoms with Gasteiger partial charge in [-0.1, -0.05) is 0 Å². The molecule has 3 aromatic heterocycles. The molecule has 0 radical (unpaired) electrons. The fourth-order valence-corrected chi connectivity index (χ4v) is 4.07. The van der Waals surface area contributed by atoms with Crippen molar-refractivity contribution < 1.29 is 9.21 Å². The van der Waals surface area contributed by atoms with Crippen LogP contribution in [0.1, 0.15) is 23.7 Å². The molecule has 1 saturated heterocycles. The Bertz CT molecular complexity index is 925. The van der Waals surface area contributed by atoms with Crippen LogP contribution in [0.3, 0.4) is 0 Å². The third kappa shape index (κ3) is 4.22. The first-order chi connectivity index (χ1) is 13.6. The van der Waals surface area contributed by atoms with Crippen LogP contribution in [-0.4, -0.2) is 52.2 Å². The molecule has 28 heavy (non-hydrogen) atoms. The summed E-state index contributed by atoms with van der Waals surface area (Å²) in [6, 6.07) is 6.15. The Morgan fingerprint density at radius 1 is 1.14 bits per heavy atom. The number of nitrogens with zero attached hydrogens (tertiary/aromatic N) is 5. The second-order valence-corrected chi connectivity index (χ2v) is 7.77. The summed E-state index contributed by atoms with van der Waals surface area (Å²) in [4.78, 5) is 21.2. The molecule has 0 unspecified atom stereocenters. The van der Waals surface area contributed by atoms with Crippen LogP contribution in [0.5, 0.6) is 0 Å². The van der Waals surface area contributed by atoms with Gasteiger partial charge in [-0.3, -0.25) is 9.78 Å². The van der Waals surface area contributed by atoms with E-state index in [2.05, 4.69) is 32.2 Å². The molecule has 4 rings (SSSR count). The molecule has 1 aliphatic rings. The van der Waals surface area contributed by atoms with Crippen molar-refractivity contribution >= 4 is 22.9 Å². The minimum Gasteiger partial charge on any atom is -0.421 e. The number of hydrogen-bond acceptors (Lipinski definition) is 7. The molecule has 1 amide bonds. The van der Waals surface area contributed by atoms with Crippen molar-refractivity contribution in [3.8, 4) is 11.5 Å². The summed E-state index contributed by atoms with van der Waals surface area (Å²) in [5.41, 5.74) is 4.15. The maximum Gasteiger partial charge on any atom is 0.248 e. The standard InChI is InChI=1S/C20H23N5O2S/c1-14-11-17(12-15(2)21-14)24-6-8-25(9-7-24)19(26)4-3-18-22-23-20(27-18)16-5-10-28-13-16/h5,10-13H,3-4,6-9H2,1-2H3.